The Bertz CT molecular complexity index is 1270. The molecule has 166 valence electrons. The number of methoxy groups -OCH3 is 1. The highest BCUT2D eigenvalue weighted by Crippen LogP contribution is 2.29. The Balaban J connectivity index is 1.31. The summed E-state index contributed by atoms with van der Waals surface area (Å²) in [5, 5.41) is 4.02. The maximum atomic E-state index is 12.8. The summed E-state index contributed by atoms with van der Waals surface area (Å²) in [6.07, 6.45) is 5.13. The number of benzene rings is 2. The molecule has 1 N–H and O–H groups in total. The van der Waals surface area contributed by atoms with Gasteiger partial charge in [0, 0.05) is 55.1 Å². The van der Waals surface area contributed by atoms with Crippen LogP contribution >= 0.6 is 0 Å². The van der Waals surface area contributed by atoms with Gasteiger partial charge in [0.25, 0.3) is 0 Å². The monoisotopic (exact) mass is 440 g/mol. The molecule has 5 rings (SSSR count). The van der Waals surface area contributed by atoms with E-state index >= 15 is 0 Å². The molecule has 0 atom stereocenters. The Kier molecular flexibility index (Phi) is 5.72. The van der Waals surface area contributed by atoms with Crippen LogP contribution in [0.15, 0.2) is 73.3 Å². The summed E-state index contributed by atoms with van der Waals surface area (Å²) in [5.74, 6) is 1.54. The van der Waals surface area contributed by atoms with Gasteiger partial charge in [-0.3, -0.25) is 0 Å². The van der Waals surface area contributed by atoms with Crippen molar-refractivity contribution in [1.29, 1.82) is 0 Å². The van der Waals surface area contributed by atoms with Crippen molar-refractivity contribution in [2.24, 2.45) is 0 Å². The van der Waals surface area contributed by atoms with Gasteiger partial charge in [0.2, 0.25) is 0 Å². The van der Waals surface area contributed by atoms with E-state index in [4.69, 9.17) is 9.72 Å². The zero-order valence-electron chi connectivity index (χ0n) is 18.3. The smallest absolute Gasteiger partial charge is 0.322 e. The highest BCUT2D eigenvalue weighted by atomic mass is 16.5. The molecule has 0 spiro atoms. The number of urea groups is 1. The Hall–Kier alpha value is -4.20. The topological polar surface area (TPSA) is 83.5 Å². The molecule has 2 aromatic heterocycles. The van der Waals surface area contributed by atoms with Gasteiger partial charge in [0.1, 0.15) is 17.9 Å². The van der Waals surface area contributed by atoms with E-state index in [2.05, 4.69) is 32.3 Å². The maximum Gasteiger partial charge on any atom is 0.322 e. The standard InChI is InChI=1S/C25H24N6O2/c1-33-22-8-3-2-7-21(22)28-25(32)31-13-11-30(12-14-31)23-10-9-18-5-4-6-20(24(18)29-23)19-15-26-17-27-16-19/h2-10,15-17H,11-14H2,1H3,(H,28,32). The minimum Gasteiger partial charge on any atom is -0.495 e. The first kappa shape index (κ1) is 20.7. The van der Waals surface area contributed by atoms with Crippen LogP contribution in [0.25, 0.3) is 22.0 Å². The van der Waals surface area contributed by atoms with Crippen LogP contribution in [0, 0.1) is 0 Å². The van der Waals surface area contributed by atoms with Crippen molar-refractivity contribution in [3.8, 4) is 16.9 Å². The summed E-state index contributed by atoms with van der Waals surface area (Å²) in [6.45, 7) is 2.62. The number of anilines is 2. The summed E-state index contributed by atoms with van der Waals surface area (Å²) in [6, 6.07) is 17.5. The van der Waals surface area contributed by atoms with Crippen molar-refractivity contribution in [3.63, 3.8) is 0 Å². The number of hydrogen-bond acceptors (Lipinski definition) is 6. The second kappa shape index (κ2) is 9.12. The van der Waals surface area contributed by atoms with Crippen LogP contribution < -0.4 is 15.0 Å². The average molecular weight is 441 g/mol. The molecule has 33 heavy (non-hydrogen) atoms. The number of ether oxygens (including phenoxy) is 1. The van der Waals surface area contributed by atoms with Crippen LogP contribution in [0.1, 0.15) is 0 Å². The summed E-state index contributed by atoms with van der Waals surface area (Å²) < 4.78 is 5.33. The van der Waals surface area contributed by atoms with Crippen LogP contribution in [0.4, 0.5) is 16.3 Å². The van der Waals surface area contributed by atoms with Gasteiger partial charge in [-0.2, -0.15) is 0 Å². The van der Waals surface area contributed by atoms with Gasteiger partial charge in [0.05, 0.1) is 18.3 Å². The van der Waals surface area contributed by atoms with Crippen molar-refractivity contribution in [2.75, 3.05) is 43.5 Å². The molecule has 8 heteroatoms. The third kappa shape index (κ3) is 4.27. The minimum absolute atomic E-state index is 0.128. The second-order valence-corrected chi connectivity index (χ2v) is 7.78. The van der Waals surface area contributed by atoms with Crippen LogP contribution in [0.2, 0.25) is 0 Å². The molecule has 0 radical (unpaired) electrons. The van der Waals surface area contributed by atoms with Crippen LogP contribution in [0.5, 0.6) is 5.75 Å². The van der Waals surface area contributed by atoms with Crippen molar-refractivity contribution >= 4 is 28.4 Å². The van der Waals surface area contributed by atoms with E-state index < -0.39 is 0 Å². The fourth-order valence-corrected chi connectivity index (χ4v) is 4.06. The number of fused-ring (bicyclic) bond motifs is 1. The normalized spacial score (nSPS) is 13.7. The van der Waals surface area contributed by atoms with Gasteiger partial charge in [-0.15, -0.1) is 0 Å². The van der Waals surface area contributed by atoms with Gasteiger partial charge in [0.15, 0.2) is 0 Å². The van der Waals surface area contributed by atoms with Crippen LogP contribution in [-0.4, -0.2) is 59.2 Å². The maximum absolute atomic E-state index is 12.8. The number of nitrogens with zero attached hydrogens (tertiary/aromatic N) is 5. The third-order valence-corrected chi connectivity index (χ3v) is 5.82. The van der Waals surface area contributed by atoms with Gasteiger partial charge in [-0.25, -0.2) is 19.7 Å². The molecular weight excluding hydrogens is 416 g/mol. The molecule has 2 amide bonds. The number of amides is 2. The van der Waals surface area contributed by atoms with Gasteiger partial charge in [-0.1, -0.05) is 30.3 Å². The van der Waals surface area contributed by atoms with Crippen molar-refractivity contribution in [3.05, 3.63) is 73.3 Å². The van der Waals surface area contributed by atoms with Gasteiger partial charge in [-0.05, 0) is 24.3 Å². The quantitative estimate of drug-likeness (QED) is 0.515. The summed E-state index contributed by atoms with van der Waals surface area (Å²) >= 11 is 0. The number of pyridine rings is 1. The van der Waals surface area contributed by atoms with E-state index in [1.807, 2.05) is 47.4 Å². The minimum atomic E-state index is -0.128. The first-order valence-electron chi connectivity index (χ1n) is 10.8. The fraction of sp³-hybridized carbons (Fsp3) is 0.200. The largest absolute Gasteiger partial charge is 0.495 e. The van der Waals surface area contributed by atoms with E-state index in [-0.39, 0.29) is 6.03 Å². The molecule has 0 saturated carbocycles. The molecular formula is C25H24N6O2. The number of nitrogens with one attached hydrogen (secondary N) is 1. The average Bonchev–Trinajstić information content (AvgIpc) is 2.89. The Morgan fingerprint density at radius 3 is 2.52 bits per heavy atom. The Morgan fingerprint density at radius 1 is 0.939 bits per heavy atom. The lowest BCUT2D eigenvalue weighted by atomic mass is 10.0. The van der Waals surface area contributed by atoms with Crippen molar-refractivity contribution < 1.29 is 9.53 Å². The number of piperazine rings is 1. The highest BCUT2D eigenvalue weighted by molar-refractivity contribution is 5.94. The van der Waals surface area contributed by atoms with E-state index in [1.165, 1.54) is 6.33 Å². The molecule has 1 aliphatic heterocycles. The fourth-order valence-electron chi connectivity index (χ4n) is 4.06. The molecule has 1 saturated heterocycles. The summed E-state index contributed by atoms with van der Waals surface area (Å²) in [5.41, 5.74) is 3.53. The highest BCUT2D eigenvalue weighted by Gasteiger charge is 2.23. The number of carbonyl (C=O) groups excluding carboxylic acids is 1. The SMILES string of the molecule is COc1ccccc1NC(=O)N1CCN(c2ccc3cccc(-c4cncnc4)c3n2)CC1. The number of aromatic nitrogens is 3. The van der Waals surface area contributed by atoms with Crippen LogP contribution in [-0.2, 0) is 0 Å². The molecule has 4 aromatic rings. The van der Waals surface area contributed by atoms with E-state index in [0.717, 1.165) is 27.8 Å². The third-order valence-electron chi connectivity index (χ3n) is 5.82. The first-order valence-corrected chi connectivity index (χ1v) is 10.8. The molecule has 8 nitrogen and oxygen atoms in total. The predicted octanol–water partition coefficient (Wildman–Crippen LogP) is 4.05. The lowest BCUT2D eigenvalue weighted by molar-refractivity contribution is 0.208. The Labute approximate surface area is 191 Å². The number of para-hydroxylation sites is 3. The van der Waals surface area contributed by atoms with Crippen LogP contribution in [0.3, 0.4) is 0 Å². The molecule has 0 unspecified atom stereocenters. The molecule has 0 bridgehead atoms. The first-order chi connectivity index (χ1) is 16.2. The number of carbonyl (C=O) groups is 1. The van der Waals surface area contributed by atoms with Crippen molar-refractivity contribution in [2.45, 2.75) is 0 Å². The zero-order chi connectivity index (χ0) is 22.6. The number of rotatable bonds is 4. The molecule has 0 aliphatic carbocycles. The summed E-state index contributed by atoms with van der Waals surface area (Å²) in [7, 11) is 1.59. The van der Waals surface area contributed by atoms with Gasteiger partial charge >= 0.3 is 6.03 Å². The van der Waals surface area contributed by atoms with Crippen molar-refractivity contribution in [1.82, 2.24) is 19.9 Å². The predicted molar refractivity (Wildman–Crippen MR) is 129 cm³/mol. The Morgan fingerprint density at radius 2 is 1.73 bits per heavy atom. The zero-order valence-corrected chi connectivity index (χ0v) is 18.3. The lowest BCUT2D eigenvalue weighted by Gasteiger charge is -2.35. The second-order valence-electron chi connectivity index (χ2n) is 7.78. The lowest BCUT2D eigenvalue weighted by Crippen LogP contribution is -2.50. The van der Waals surface area contributed by atoms with Gasteiger partial charge < -0.3 is 19.9 Å². The molecule has 1 aliphatic rings. The summed E-state index contributed by atoms with van der Waals surface area (Å²) in [4.78, 5) is 30.1. The molecule has 1 fully saturated rings. The van der Waals surface area contributed by atoms with E-state index in [9.17, 15) is 4.79 Å². The van der Waals surface area contributed by atoms with E-state index in [0.29, 0.717) is 37.6 Å². The van der Waals surface area contributed by atoms with E-state index in [1.54, 1.807) is 19.5 Å². The molecule has 3 heterocycles. The molecule has 2 aromatic carbocycles. The number of hydrogen-bond donors (Lipinski definition) is 1.